The lowest BCUT2D eigenvalue weighted by Gasteiger charge is -2.33. The third-order valence-electron chi connectivity index (χ3n) is 4.29. The number of likely N-dealkylation sites (N-methyl/N-ethyl adjacent to an activating group) is 1. The monoisotopic (exact) mass is 268 g/mol. The number of aromatic nitrogens is 1. The molecular weight excluding hydrogens is 248 g/mol. The lowest BCUT2D eigenvalue weighted by molar-refractivity contribution is 0.248. The van der Waals surface area contributed by atoms with E-state index >= 15 is 0 Å². The number of rotatable bonds is 2. The number of nitrogens with zero attached hydrogens (tertiary/aromatic N) is 2. The van der Waals surface area contributed by atoms with Crippen LogP contribution >= 0.6 is 0 Å². The van der Waals surface area contributed by atoms with E-state index in [2.05, 4.69) is 48.1 Å². The van der Waals surface area contributed by atoms with Crippen LogP contribution in [0.25, 0.3) is 11.1 Å². The average molecular weight is 268 g/mol. The molecule has 1 aliphatic heterocycles. The largest absolute Gasteiger partial charge is 0.481 e. The third-order valence-corrected chi connectivity index (χ3v) is 4.29. The van der Waals surface area contributed by atoms with Crippen LogP contribution in [0.2, 0.25) is 0 Å². The maximum atomic E-state index is 5.42. The maximum absolute atomic E-state index is 5.42. The summed E-state index contributed by atoms with van der Waals surface area (Å²) < 4.78 is 5.42. The number of ether oxygens (including phenoxy) is 1. The molecule has 104 valence electrons. The molecule has 0 aliphatic carbocycles. The molecule has 1 unspecified atom stereocenters. The van der Waals surface area contributed by atoms with Crippen LogP contribution in [0.1, 0.15) is 24.1 Å². The lowest BCUT2D eigenvalue weighted by atomic mass is 9.87. The highest BCUT2D eigenvalue weighted by molar-refractivity contribution is 5.73. The first-order valence-corrected chi connectivity index (χ1v) is 7.03. The van der Waals surface area contributed by atoms with Gasteiger partial charge in [-0.25, -0.2) is 4.98 Å². The minimum Gasteiger partial charge on any atom is -0.481 e. The van der Waals surface area contributed by atoms with Crippen LogP contribution in [0.15, 0.2) is 36.5 Å². The Hall–Kier alpha value is -1.87. The van der Waals surface area contributed by atoms with Gasteiger partial charge in [-0.05, 0) is 49.2 Å². The topological polar surface area (TPSA) is 25.4 Å². The normalized spacial score (nSPS) is 18.6. The highest BCUT2D eigenvalue weighted by Gasteiger charge is 2.24. The SMILES string of the molecule is COc1ncccc1-c1cccc2c1CCN(C)C2C. The first kappa shape index (κ1) is 13.1. The molecule has 3 nitrogen and oxygen atoms in total. The fourth-order valence-corrected chi connectivity index (χ4v) is 3.01. The van der Waals surface area contributed by atoms with Crippen molar-refractivity contribution in [3.63, 3.8) is 0 Å². The fourth-order valence-electron chi connectivity index (χ4n) is 3.01. The molecule has 1 aromatic heterocycles. The Labute approximate surface area is 120 Å². The number of fused-ring (bicyclic) bond motifs is 1. The first-order valence-electron chi connectivity index (χ1n) is 7.03. The molecule has 0 fully saturated rings. The molecule has 20 heavy (non-hydrogen) atoms. The Bertz CT molecular complexity index is 624. The summed E-state index contributed by atoms with van der Waals surface area (Å²) in [6.45, 7) is 3.36. The molecule has 1 aliphatic rings. The summed E-state index contributed by atoms with van der Waals surface area (Å²) in [5.74, 6) is 0.701. The van der Waals surface area contributed by atoms with Crippen molar-refractivity contribution in [3.05, 3.63) is 47.7 Å². The summed E-state index contributed by atoms with van der Waals surface area (Å²) in [5.41, 5.74) is 5.20. The Morgan fingerprint density at radius 1 is 1.20 bits per heavy atom. The van der Waals surface area contributed by atoms with Crippen LogP contribution in [-0.2, 0) is 6.42 Å². The van der Waals surface area contributed by atoms with Gasteiger partial charge in [0.25, 0.3) is 0 Å². The minimum absolute atomic E-state index is 0.460. The summed E-state index contributed by atoms with van der Waals surface area (Å²) in [4.78, 5) is 6.72. The van der Waals surface area contributed by atoms with E-state index in [9.17, 15) is 0 Å². The molecule has 0 saturated heterocycles. The van der Waals surface area contributed by atoms with Gasteiger partial charge in [-0.1, -0.05) is 18.2 Å². The van der Waals surface area contributed by atoms with Gasteiger partial charge in [0.05, 0.1) is 7.11 Å². The average Bonchev–Trinajstić information content (AvgIpc) is 2.50. The third kappa shape index (κ3) is 2.08. The molecule has 0 amide bonds. The van der Waals surface area contributed by atoms with Crippen LogP contribution in [-0.4, -0.2) is 30.6 Å². The van der Waals surface area contributed by atoms with Gasteiger partial charge in [0.2, 0.25) is 5.88 Å². The van der Waals surface area contributed by atoms with Gasteiger partial charge in [0, 0.05) is 24.3 Å². The molecule has 2 aromatic rings. The van der Waals surface area contributed by atoms with Gasteiger partial charge in [-0.3, -0.25) is 4.90 Å². The predicted molar refractivity (Wildman–Crippen MR) is 81.0 cm³/mol. The van der Waals surface area contributed by atoms with E-state index < -0.39 is 0 Å². The van der Waals surface area contributed by atoms with Crippen molar-refractivity contribution >= 4 is 0 Å². The molecule has 3 heteroatoms. The predicted octanol–water partition coefficient (Wildman–Crippen LogP) is 3.31. The zero-order chi connectivity index (χ0) is 14.1. The molecule has 1 atom stereocenters. The van der Waals surface area contributed by atoms with Crippen LogP contribution in [0, 0.1) is 0 Å². The number of benzene rings is 1. The zero-order valence-corrected chi connectivity index (χ0v) is 12.3. The van der Waals surface area contributed by atoms with Crippen LogP contribution in [0.3, 0.4) is 0 Å². The molecule has 0 N–H and O–H groups in total. The summed E-state index contributed by atoms with van der Waals surface area (Å²) in [7, 11) is 3.86. The lowest BCUT2D eigenvalue weighted by Crippen LogP contribution is -2.30. The van der Waals surface area contributed by atoms with Crippen molar-refractivity contribution < 1.29 is 4.74 Å². The molecule has 1 aromatic carbocycles. The van der Waals surface area contributed by atoms with E-state index in [1.54, 1.807) is 13.3 Å². The van der Waals surface area contributed by atoms with Gasteiger partial charge in [0.15, 0.2) is 0 Å². The highest BCUT2D eigenvalue weighted by Crippen LogP contribution is 2.37. The molecule has 0 spiro atoms. The highest BCUT2D eigenvalue weighted by atomic mass is 16.5. The van der Waals surface area contributed by atoms with Crippen molar-refractivity contribution in [3.8, 4) is 17.0 Å². The van der Waals surface area contributed by atoms with E-state index in [1.165, 1.54) is 16.7 Å². The molecule has 0 radical (unpaired) electrons. The summed E-state index contributed by atoms with van der Waals surface area (Å²) in [6.07, 6.45) is 2.85. The minimum atomic E-state index is 0.460. The van der Waals surface area contributed by atoms with Gasteiger partial charge in [-0.15, -0.1) is 0 Å². The van der Waals surface area contributed by atoms with Crippen molar-refractivity contribution in [1.82, 2.24) is 9.88 Å². The molecule has 3 rings (SSSR count). The second-order valence-electron chi connectivity index (χ2n) is 5.34. The van der Waals surface area contributed by atoms with E-state index in [0.717, 1.165) is 18.5 Å². The van der Waals surface area contributed by atoms with Crippen molar-refractivity contribution in [2.75, 3.05) is 20.7 Å². The number of hydrogen-bond acceptors (Lipinski definition) is 3. The Morgan fingerprint density at radius 3 is 2.80 bits per heavy atom. The van der Waals surface area contributed by atoms with E-state index in [-0.39, 0.29) is 0 Å². The number of pyridine rings is 1. The van der Waals surface area contributed by atoms with Gasteiger partial charge in [-0.2, -0.15) is 0 Å². The number of methoxy groups -OCH3 is 1. The zero-order valence-electron chi connectivity index (χ0n) is 12.3. The van der Waals surface area contributed by atoms with Gasteiger partial charge in [0.1, 0.15) is 0 Å². The maximum Gasteiger partial charge on any atom is 0.221 e. The van der Waals surface area contributed by atoms with Gasteiger partial charge >= 0.3 is 0 Å². The summed E-state index contributed by atoms with van der Waals surface area (Å²) in [5, 5.41) is 0. The number of hydrogen-bond donors (Lipinski definition) is 0. The Kier molecular flexibility index (Phi) is 3.45. The summed E-state index contributed by atoms with van der Waals surface area (Å²) >= 11 is 0. The molecule has 0 saturated carbocycles. The van der Waals surface area contributed by atoms with Crippen LogP contribution in [0.5, 0.6) is 5.88 Å². The second kappa shape index (κ2) is 5.25. The smallest absolute Gasteiger partial charge is 0.221 e. The van der Waals surface area contributed by atoms with Crippen molar-refractivity contribution in [2.45, 2.75) is 19.4 Å². The molecular formula is C17H20N2O. The van der Waals surface area contributed by atoms with Crippen molar-refractivity contribution in [2.24, 2.45) is 0 Å². The van der Waals surface area contributed by atoms with E-state index in [0.29, 0.717) is 11.9 Å². The fraction of sp³-hybridized carbons (Fsp3) is 0.353. The van der Waals surface area contributed by atoms with Crippen molar-refractivity contribution in [1.29, 1.82) is 0 Å². The summed E-state index contributed by atoms with van der Waals surface area (Å²) in [6, 6.07) is 11.1. The molecule has 2 heterocycles. The second-order valence-corrected chi connectivity index (χ2v) is 5.34. The Morgan fingerprint density at radius 2 is 2.00 bits per heavy atom. The van der Waals surface area contributed by atoms with E-state index in [1.807, 2.05) is 6.07 Å². The standard InChI is InChI=1S/C17H20N2O/c1-12-13-6-4-7-14(15(13)9-11-19(12)2)16-8-5-10-18-17(16)20-3/h4-8,10,12H,9,11H2,1-3H3. The molecule has 0 bridgehead atoms. The Balaban J connectivity index is 2.16. The first-order chi connectivity index (χ1) is 9.72. The van der Waals surface area contributed by atoms with Crippen LogP contribution < -0.4 is 4.74 Å². The van der Waals surface area contributed by atoms with E-state index in [4.69, 9.17) is 4.74 Å². The van der Waals surface area contributed by atoms with Crippen LogP contribution in [0.4, 0.5) is 0 Å². The van der Waals surface area contributed by atoms with Gasteiger partial charge < -0.3 is 4.74 Å². The quantitative estimate of drug-likeness (QED) is 0.835.